The van der Waals surface area contributed by atoms with Crippen molar-refractivity contribution in [3.63, 3.8) is 0 Å². The van der Waals surface area contributed by atoms with Gasteiger partial charge in [0.25, 0.3) is 0 Å². The number of hydrogen-bond acceptors (Lipinski definition) is 3. The van der Waals surface area contributed by atoms with Crippen molar-refractivity contribution in [3.05, 3.63) is 23.9 Å². The summed E-state index contributed by atoms with van der Waals surface area (Å²) in [6, 6.07) is 4.11. The molecule has 1 rings (SSSR count). The highest BCUT2D eigenvalue weighted by atomic mass is 35.5. The maximum Gasteiger partial charge on any atom is 0.132 e. The highest BCUT2D eigenvalue weighted by Gasteiger charge is 2.10. The fourth-order valence-corrected chi connectivity index (χ4v) is 1.54. The van der Waals surface area contributed by atoms with E-state index in [1.807, 2.05) is 31.3 Å². The van der Waals surface area contributed by atoms with Gasteiger partial charge in [-0.25, -0.2) is 4.98 Å². The molecule has 0 amide bonds. The van der Waals surface area contributed by atoms with Crippen molar-refractivity contribution in [2.45, 2.75) is 27.3 Å². The molecular formula is C13H24ClN3. The molecule has 1 aromatic rings. The molecule has 0 fully saturated rings. The Morgan fingerprint density at radius 3 is 2.47 bits per heavy atom. The van der Waals surface area contributed by atoms with Crippen LogP contribution in [0.1, 0.15) is 26.3 Å². The van der Waals surface area contributed by atoms with Gasteiger partial charge >= 0.3 is 0 Å². The second kappa shape index (κ2) is 6.82. The van der Waals surface area contributed by atoms with E-state index in [-0.39, 0.29) is 12.4 Å². The summed E-state index contributed by atoms with van der Waals surface area (Å²) < 4.78 is 0. The molecule has 3 nitrogen and oxygen atoms in total. The van der Waals surface area contributed by atoms with Crippen LogP contribution in [0.2, 0.25) is 0 Å². The Balaban J connectivity index is 0.00000256. The Labute approximate surface area is 111 Å². The maximum atomic E-state index is 4.38. The quantitative estimate of drug-likeness (QED) is 0.899. The molecule has 0 spiro atoms. The zero-order valence-electron chi connectivity index (χ0n) is 11.4. The Morgan fingerprint density at radius 2 is 1.94 bits per heavy atom. The largest absolute Gasteiger partial charge is 0.362 e. The average Bonchev–Trinajstić information content (AvgIpc) is 2.16. The van der Waals surface area contributed by atoms with Crippen LogP contribution in [0.15, 0.2) is 18.3 Å². The first-order chi connectivity index (χ1) is 7.40. The second-order valence-corrected chi connectivity index (χ2v) is 5.54. The molecule has 1 N–H and O–H groups in total. The number of anilines is 1. The average molecular weight is 258 g/mol. The third-order valence-electron chi connectivity index (χ3n) is 2.26. The Morgan fingerprint density at radius 1 is 1.29 bits per heavy atom. The minimum absolute atomic E-state index is 0. The van der Waals surface area contributed by atoms with Crippen molar-refractivity contribution in [1.29, 1.82) is 0 Å². The van der Waals surface area contributed by atoms with Crippen LogP contribution in [0.4, 0.5) is 5.82 Å². The van der Waals surface area contributed by atoms with Gasteiger partial charge < -0.3 is 10.2 Å². The summed E-state index contributed by atoms with van der Waals surface area (Å²) in [6.07, 6.45) is 1.84. The summed E-state index contributed by atoms with van der Waals surface area (Å²) in [6.45, 7) is 8.58. The SMILES string of the molecule is CN(C)c1ncccc1CNCC(C)(C)C.Cl. The van der Waals surface area contributed by atoms with Gasteiger partial charge in [-0.2, -0.15) is 0 Å². The van der Waals surface area contributed by atoms with Crippen molar-refractivity contribution < 1.29 is 0 Å². The van der Waals surface area contributed by atoms with Crippen molar-refractivity contribution >= 4 is 18.2 Å². The summed E-state index contributed by atoms with van der Waals surface area (Å²) in [5, 5.41) is 3.47. The maximum absolute atomic E-state index is 4.38. The van der Waals surface area contributed by atoms with Crippen LogP contribution in [0.3, 0.4) is 0 Å². The lowest BCUT2D eigenvalue weighted by atomic mass is 9.97. The molecule has 0 saturated heterocycles. The lowest BCUT2D eigenvalue weighted by Gasteiger charge is -2.20. The fraction of sp³-hybridized carbons (Fsp3) is 0.615. The molecular weight excluding hydrogens is 234 g/mol. The van der Waals surface area contributed by atoms with Crippen LogP contribution >= 0.6 is 12.4 Å². The minimum atomic E-state index is 0. The molecule has 0 bridgehead atoms. The topological polar surface area (TPSA) is 28.2 Å². The Hall–Kier alpha value is -0.800. The highest BCUT2D eigenvalue weighted by molar-refractivity contribution is 5.85. The molecule has 0 atom stereocenters. The van der Waals surface area contributed by atoms with Crippen molar-refractivity contribution in [2.75, 3.05) is 25.5 Å². The highest BCUT2D eigenvalue weighted by Crippen LogP contribution is 2.15. The first-order valence-corrected chi connectivity index (χ1v) is 5.72. The third-order valence-corrected chi connectivity index (χ3v) is 2.26. The monoisotopic (exact) mass is 257 g/mol. The first kappa shape index (κ1) is 16.2. The van der Waals surface area contributed by atoms with Crippen LogP contribution < -0.4 is 10.2 Å². The fourth-order valence-electron chi connectivity index (χ4n) is 1.54. The van der Waals surface area contributed by atoms with E-state index in [0.29, 0.717) is 5.41 Å². The van der Waals surface area contributed by atoms with Gasteiger partial charge in [0.1, 0.15) is 5.82 Å². The van der Waals surface area contributed by atoms with Crippen LogP contribution in [-0.4, -0.2) is 25.6 Å². The zero-order valence-corrected chi connectivity index (χ0v) is 12.3. The molecule has 0 unspecified atom stereocenters. The molecule has 98 valence electrons. The van der Waals surface area contributed by atoms with Gasteiger partial charge in [0.15, 0.2) is 0 Å². The third kappa shape index (κ3) is 5.89. The van der Waals surface area contributed by atoms with Gasteiger partial charge in [-0.05, 0) is 11.5 Å². The Kier molecular flexibility index (Phi) is 6.50. The van der Waals surface area contributed by atoms with E-state index in [4.69, 9.17) is 0 Å². The predicted molar refractivity (Wildman–Crippen MR) is 77.0 cm³/mol. The summed E-state index contributed by atoms with van der Waals surface area (Å²) in [4.78, 5) is 6.43. The number of halogens is 1. The molecule has 1 aromatic heterocycles. The smallest absolute Gasteiger partial charge is 0.132 e. The van der Waals surface area contributed by atoms with Gasteiger partial charge in [-0.1, -0.05) is 26.8 Å². The second-order valence-electron chi connectivity index (χ2n) is 5.54. The van der Waals surface area contributed by atoms with Gasteiger partial charge in [-0.3, -0.25) is 0 Å². The van der Waals surface area contributed by atoms with Crippen LogP contribution in [0.25, 0.3) is 0 Å². The van der Waals surface area contributed by atoms with Gasteiger partial charge in [0, 0.05) is 38.9 Å². The number of aromatic nitrogens is 1. The van der Waals surface area contributed by atoms with E-state index < -0.39 is 0 Å². The van der Waals surface area contributed by atoms with Gasteiger partial charge in [0.2, 0.25) is 0 Å². The summed E-state index contributed by atoms with van der Waals surface area (Å²) in [5.74, 6) is 1.05. The normalized spacial score (nSPS) is 10.9. The summed E-state index contributed by atoms with van der Waals surface area (Å²) >= 11 is 0. The van der Waals surface area contributed by atoms with Crippen molar-refractivity contribution in [2.24, 2.45) is 5.41 Å². The van der Waals surface area contributed by atoms with Crippen LogP contribution in [0, 0.1) is 5.41 Å². The summed E-state index contributed by atoms with van der Waals surface area (Å²) in [7, 11) is 4.05. The number of nitrogens with one attached hydrogen (secondary N) is 1. The van der Waals surface area contributed by atoms with E-state index in [2.05, 4.69) is 37.1 Å². The lowest BCUT2D eigenvalue weighted by molar-refractivity contribution is 0.379. The number of hydrogen-bond donors (Lipinski definition) is 1. The van der Waals surface area contributed by atoms with E-state index in [1.165, 1.54) is 5.56 Å². The number of rotatable bonds is 4. The van der Waals surface area contributed by atoms with E-state index >= 15 is 0 Å². The van der Waals surface area contributed by atoms with E-state index in [9.17, 15) is 0 Å². The molecule has 0 aliphatic heterocycles. The number of pyridine rings is 1. The lowest BCUT2D eigenvalue weighted by Crippen LogP contribution is -2.27. The molecule has 0 saturated carbocycles. The molecule has 0 radical (unpaired) electrons. The van der Waals surface area contributed by atoms with Crippen molar-refractivity contribution in [1.82, 2.24) is 10.3 Å². The standard InChI is InChI=1S/C13H23N3.ClH/c1-13(2,3)10-14-9-11-7-6-8-15-12(11)16(4)5;/h6-8,14H,9-10H2,1-5H3;1H. The van der Waals surface area contributed by atoms with Gasteiger partial charge in [-0.15, -0.1) is 12.4 Å². The molecule has 17 heavy (non-hydrogen) atoms. The molecule has 0 aliphatic carbocycles. The zero-order chi connectivity index (χ0) is 12.2. The molecule has 1 heterocycles. The van der Waals surface area contributed by atoms with E-state index in [0.717, 1.165) is 18.9 Å². The molecule has 0 aliphatic rings. The predicted octanol–water partition coefficient (Wildman–Crippen LogP) is 2.71. The molecule has 0 aromatic carbocycles. The first-order valence-electron chi connectivity index (χ1n) is 5.72. The van der Waals surface area contributed by atoms with Crippen molar-refractivity contribution in [3.8, 4) is 0 Å². The van der Waals surface area contributed by atoms with E-state index in [1.54, 1.807) is 0 Å². The molecule has 4 heteroatoms. The Bertz CT molecular complexity index is 332. The number of nitrogens with zero attached hydrogens (tertiary/aromatic N) is 2. The van der Waals surface area contributed by atoms with Crippen LogP contribution in [-0.2, 0) is 6.54 Å². The van der Waals surface area contributed by atoms with Gasteiger partial charge in [0.05, 0.1) is 0 Å². The van der Waals surface area contributed by atoms with Crippen LogP contribution in [0.5, 0.6) is 0 Å². The minimum Gasteiger partial charge on any atom is -0.362 e. The summed E-state index contributed by atoms with van der Waals surface area (Å²) in [5.41, 5.74) is 1.57.